The van der Waals surface area contributed by atoms with Crippen molar-refractivity contribution in [2.24, 2.45) is 0 Å². The van der Waals surface area contributed by atoms with Crippen molar-refractivity contribution in [2.75, 3.05) is 26.3 Å². The number of carbonyl (C=O) groups is 1. The first kappa shape index (κ1) is 19.9. The second-order valence-electron chi connectivity index (χ2n) is 6.42. The number of ether oxygens (including phenoxy) is 3. The zero-order chi connectivity index (χ0) is 20.2. The van der Waals surface area contributed by atoms with Crippen molar-refractivity contribution in [1.29, 1.82) is 0 Å². The highest BCUT2D eigenvalue weighted by atomic mass is 35.5. The van der Waals surface area contributed by atoms with E-state index in [-0.39, 0.29) is 18.5 Å². The van der Waals surface area contributed by atoms with Gasteiger partial charge in [0.2, 0.25) is 12.7 Å². The summed E-state index contributed by atoms with van der Waals surface area (Å²) in [6, 6.07) is 11.2. The van der Waals surface area contributed by atoms with Crippen LogP contribution in [0.2, 0.25) is 5.02 Å². The van der Waals surface area contributed by atoms with E-state index in [4.69, 9.17) is 25.8 Å². The number of halogens is 1. The fourth-order valence-corrected chi connectivity index (χ4v) is 4.06. The minimum Gasteiger partial charge on any atom is -0.454 e. The van der Waals surface area contributed by atoms with Crippen LogP contribution in [0.25, 0.3) is 11.0 Å². The van der Waals surface area contributed by atoms with Crippen molar-refractivity contribution >= 4 is 40.3 Å². The fraction of sp³-hybridized carbons (Fsp3) is 0.300. The lowest BCUT2D eigenvalue weighted by Gasteiger charge is -2.09. The van der Waals surface area contributed by atoms with Crippen LogP contribution in [0.5, 0.6) is 11.5 Å². The number of imidazole rings is 1. The molecule has 0 fully saturated rings. The molecule has 0 unspecified atom stereocenters. The van der Waals surface area contributed by atoms with E-state index in [2.05, 4.69) is 10.3 Å². The van der Waals surface area contributed by atoms with Crippen LogP contribution in [0.4, 0.5) is 0 Å². The van der Waals surface area contributed by atoms with Gasteiger partial charge in [0.1, 0.15) is 0 Å². The first-order chi connectivity index (χ1) is 14.1. The Morgan fingerprint density at radius 3 is 3.00 bits per heavy atom. The number of amides is 1. The summed E-state index contributed by atoms with van der Waals surface area (Å²) in [4.78, 5) is 17.0. The largest absolute Gasteiger partial charge is 0.454 e. The van der Waals surface area contributed by atoms with Crippen LogP contribution in [0.1, 0.15) is 5.56 Å². The smallest absolute Gasteiger partial charge is 0.231 e. The molecule has 4 rings (SSSR count). The van der Waals surface area contributed by atoms with E-state index in [0.29, 0.717) is 30.5 Å². The van der Waals surface area contributed by atoms with Crippen molar-refractivity contribution in [1.82, 2.24) is 14.9 Å². The Bertz CT molecular complexity index is 1040. The molecule has 0 spiro atoms. The highest BCUT2D eigenvalue weighted by molar-refractivity contribution is 7.99. The van der Waals surface area contributed by atoms with Gasteiger partial charge in [0.05, 0.1) is 23.4 Å². The Hall–Kier alpha value is -2.42. The van der Waals surface area contributed by atoms with Gasteiger partial charge in [0.25, 0.3) is 0 Å². The van der Waals surface area contributed by atoms with Gasteiger partial charge >= 0.3 is 0 Å². The average Bonchev–Trinajstić information content (AvgIpc) is 3.32. The number of fused-ring (bicyclic) bond motifs is 2. The second-order valence-corrected chi connectivity index (χ2v) is 7.80. The molecule has 9 heteroatoms. The number of aromatic nitrogens is 2. The van der Waals surface area contributed by atoms with E-state index in [0.717, 1.165) is 27.5 Å². The van der Waals surface area contributed by atoms with E-state index in [9.17, 15) is 4.79 Å². The van der Waals surface area contributed by atoms with Crippen molar-refractivity contribution in [3.8, 4) is 11.5 Å². The first-order valence-corrected chi connectivity index (χ1v) is 10.4. The molecule has 0 saturated heterocycles. The van der Waals surface area contributed by atoms with Crippen LogP contribution in [0.3, 0.4) is 0 Å². The molecule has 0 atom stereocenters. The molecule has 7 nitrogen and oxygen atoms in total. The number of rotatable bonds is 8. The number of methoxy groups -OCH3 is 1. The number of thioether (sulfide) groups is 1. The Kier molecular flexibility index (Phi) is 6.13. The maximum absolute atomic E-state index is 12.3. The van der Waals surface area contributed by atoms with Crippen LogP contribution >= 0.6 is 23.4 Å². The van der Waals surface area contributed by atoms with Gasteiger partial charge < -0.3 is 24.1 Å². The van der Waals surface area contributed by atoms with Gasteiger partial charge in [0.15, 0.2) is 16.7 Å². The SMILES string of the molecule is COCCn1c(SCC(=O)NCc2ccc3c(c2)OCO3)nc2cc(Cl)ccc21. The lowest BCUT2D eigenvalue weighted by atomic mass is 10.2. The maximum atomic E-state index is 12.3. The molecule has 0 saturated carbocycles. The van der Waals surface area contributed by atoms with Crippen LogP contribution in [0.15, 0.2) is 41.6 Å². The molecule has 1 amide bonds. The van der Waals surface area contributed by atoms with E-state index in [1.807, 2.05) is 41.0 Å². The molecule has 2 aromatic carbocycles. The number of hydrogen-bond acceptors (Lipinski definition) is 6. The molecule has 0 bridgehead atoms. The van der Waals surface area contributed by atoms with Crippen molar-refractivity contribution in [2.45, 2.75) is 18.2 Å². The third-order valence-electron chi connectivity index (χ3n) is 4.45. The summed E-state index contributed by atoms with van der Waals surface area (Å²) in [6.07, 6.45) is 0. The normalized spacial score (nSPS) is 12.5. The van der Waals surface area contributed by atoms with Crippen molar-refractivity contribution in [3.05, 3.63) is 47.0 Å². The van der Waals surface area contributed by atoms with Gasteiger partial charge in [-0.25, -0.2) is 4.98 Å². The Balaban J connectivity index is 1.38. The molecule has 152 valence electrons. The van der Waals surface area contributed by atoms with Crippen LogP contribution in [-0.2, 0) is 22.6 Å². The maximum Gasteiger partial charge on any atom is 0.231 e. The number of benzene rings is 2. The van der Waals surface area contributed by atoms with Gasteiger partial charge in [0, 0.05) is 25.2 Å². The minimum absolute atomic E-state index is 0.0731. The number of hydrogen-bond donors (Lipinski definition) is 1. The predicted molar refractivity (Wildman–Crippen MR) is 112 cm³/mol. The minimum atomic E-state index is -0.0731. The molecular weight excluding hydrogens is 414 g/mol. The summed E-state index contributed by atoms with van der Waals surface area (Å²) in [7, 11) is 1.66. The second kappa shape index (κ2) is 8.94. The van der Waals surface area contributed by atoms with Crippen molar-refractivity contribution < 1.29 is 19.0 Å². The molecule has 0 radical (unpaired) electrons. The van der Waals surface area contributed by atoms with E-state index >= 15 is 0 Å². The highest BCUT2D eigenvalue weighted by Crippen LogP contribution is 2.32. The zero-order valence-corrected chi connectivity index (χ0v) is 17.4. The van der Waals surface area contributed by atoms with Crippen molar-refractivity contribution in [3.63, 3.8) is 0 Å². The van der Waals surface area contributed by atoms with E-state index in [1.54, 1.807) is 7.11 Å². The molecule has 1 aromatic heterocycles. The summed E-state index contributed by atoms with van der Waals surface area (Å²) in [5, 5.41) is 4.32. The van der Waals surface area contributed by atoms with Gasteiger partial charge in [-0.05, 0) is 35.9 Å². The number of carbonyl (C=O) groups excluding carboxylic acids is 1. The lowest BCUT2D eigenvalue weighted by molar-refractivity contribution is -0.118. The van der Waals surface area contributed by atoms with E-state index < -0.39 is 0 Å². The molecule has 29 heavy (non-hydrogen) atoms. The number of nitrogens with zero attached hydrogens (tertiary/aromatic N) is 2. The molecule has 1 aliphatic heterocycles. The summed E-state index contributed by atoms with van der Waals surface area (Å²) in [6.45, 7) is 1.86. The van der Waals surface area contributed by atoms with Gasteiger partial charge in [-0.3, -0.25) is 4.79 Å². The van der Waals surface area contributed by atoms with Gasteiger partial charge in [-0.2, -0.15) is 0 Å². The third kappa shape index (κ3) is 4.60. The lowest BCUT2D eigenvalue weighted by Crippen LogP contribution is -2.24. The standard InChI is InChI=1S/C20H20ClN3O4S/c1-26-7-6-24-16-4-3-14(21)9-15(16)23-20(24)29-11-19(25)22-10-13-2-5-17-18(8-13)28-12-27-17/h2-5,8-9H,6-7,10-12H2,1H3,(H,22,25). The summed E-state index contributed by atoms with van der Waals surface area (Å²) in [5.74, 6) is 1.62. The Morgan fingerprint density at radius 1 is 1.28 bits per heavy atom. The number of nitrogens with one attached hydrogen (secondary N) is 1. The molecule has 3 aromatic rings. The first-order valence-electron chi connectivity index (χ1n) is 9.07. The fourth-order valence-electron chi connectivity index (χ4n) is 3.02. The molecular formula is C20H20ClN3O4S. The monoisotopic (exact) mass is 433 g/mol. The molecule has 2 heterocycles. The highest BCUT2D eigenvalue weighted by Gasteiger charge is 2.15. The van der Waals surface area contributed by atoms with Crippen LogP contribution < -0.4 is 14.8 Å². The predicted octanol–water partition coefficient (Wildman–Crippen LogP) is 3.47. The van der Waals surface area contributed by atoms with Crippen LogP contribution in [0, 0.1) is 0 Å². The van der Waals surface area contributed by atoms with Crippen LogP contribution in [-0.4, -0.2) is 41.7 Å². The Labute approximate surface area is 177 Å². The summed E-state index contributed by atoms with van der Waals surface area (Å²) in [5.41, 5.74) is 2.72. The third-order valence-corrected chi connectivity index (χ3v) is 5.66. The van der Waals surface area contributed by atoms with Gasteiger partial charge in [-0.15, -0.1) is 0 Å². The molecule has 1 N–H and O–H groups in total. The molecule has 1 aliphatic rings. The quantitative estimate of drug-likeness (QED) is 0.548. The topological polar surface area (TPSA) is 74.6 Å². The molecule has 0 aliphatic carbocycles. The van der Waals surface area contributed by atoms with Gasteiger partial charge in [-0.1, -0.05) is 29.4 Å². The zero-order valence-electron chi connectivity index (χ0n) is 15.8. The summed E-state index contributed by atoms with van der Waals surface area (Å²) < 4.78 is 17.9. The van der Waals surface area contributed by atoms with E-state index in [1.165, 1.54) is 11.8 Å². The summed E-state index contributed by atoms with van der Waals surface area (Å²) >= 11 is 7.47. The average molecular weight is 434 g/mol. The Morgan fingerprint density at radius 2 is 2.14 bits per heavy atom.